The lowest BCUT2D eigenvalue weighted by atomic mass is 9.72. The topological polar surface area (TPSA) is 79.5 Å². The van der Waals surface area contributed by atoms with E-state index >= 15 is 0 Å². The number of nitrogens with two attached hydrogens (primary N) is 1. The monoisotopic (exact) mass is 442 g/mol. The average Bonchev–Trinajstić information content (AvgIpc) is 2.84. The third-order valence-corrected chi connectivity index (χ3v) is 6.48. The Morgan fingerprint density at radius 1 is 0.970 bits per heavy atom. The van der Waals surface area contributed by atoms with Crippen LogP contribution in [0, 0.1) is 5.41 Å². The summed E-state index contributed by atoms with van der Waals surface area (Å²) in [4.78, 5) is 33.7. The van der Waals surface area contributed by atoms with Gasteiger partial charge in [-0.1, -0.05) is 54.6 Å². The minimum Gasteiger partial charge on any atom is -0.397 e. The highest BCUT2D eigenvalue weighted by Crippen LogP contribution is 2.37. The fourth-order valence-electron chi connectivity index (χ4n) is 4.67. The summed E-state index contributed by atoms with van der Waals surface area (Å²) >= 11 is 0. The van der Waals surface area contributed by atoms with E-state index in [2.05, 4.69) is 41.4 Å². The summed E-state index contributed by atoms with van der Waals surface area (Å²) in [6.07, 6.45) is 4.95. The van der Waals surface area contributed by atoms with Crippen molar-refractivity contribution < 1.29 is 9.59 Å². The van der Waals surface area contributed by atoms with Gasteiger partial charge in [0, 0.05) is 39.6 Å². The van der Waals surface area contributed by atoms with Gasteiger partial charge < -0.3 is 15.5 Å². The van der Waals surface area contributed by atoms with Crippen molar-refractivity contribution in [2.75, 3.05) is 32.9 Å². The molecule has 2 N–H and O–H groups in total. The van der Waals surface area contributed by atoms with Crippen LogP contribution in [-0.2, 0) is 11.2 Å². The largest absolute Gasteiger partial charge is 0.397 e. The Labute approximate surface area is 195 Å². The third kappa shape index (κ3) is 4.90. The molecular formula is C27H30N4O2. The molecule has 3 aromatic rings. The lowest BCUT2D eigenvalue weighted by Gasteiger charge is -2.42. The zero-order valence-corrected chi connectivity index (χ0v) is 19.2. The van der Waals surface area contributed by atoms with Gasteiger partial charge in [0.05, 0.1) is 16.7 Å². The molecule has 170 valence electrons. The number of likely N-dealkylation sites (tertiary alicyclic amines) is 1. The van der Waals surface area contributed by atoms with Crippen molar-refractivity contribution in [1.29, 1.82) is 0 Å². The highest BCUT2D eigenvalue weighted by atomic mass is 16.2. The number of hydrogen-bond donors (Lipinski definition) is 1. The van der Waals surface area contributed by atoms with Gasteiger partial charge in [-0.05, 0) is 42.0 Å². The van der Waals surface area contributed by atoms with Gasteiger partial charge >= 0.3 is 0 Å². The third-order valence-electron chi connectivity index (χ3n) is 6.48. The molecule has 4 rings (SSSR count). The minimum absolute atomic E-state index is 0.0899. The summed E-state index contributed by atoms with van der Waals surface area (Å²) in [5.74, 6) is 0.0280. The fourth-order valence-corrected chi connectivity index (χ4v) is 4.67. The summed E-state index contributed by atoms with van der Waals surface area (Å²) in [6.45, 7) is 1.05. The number of nitrogen functional groups attached to an aromatic ring is 1. The van der Waals surface area contributed by atoms with Crippen LogP contribution in [0.5, 0.6) is 0 Å². The van der Waals surface area contributed by atoms with E-state index in [1.807, 2.05) is 18.2 Å². The second-order valence-electron chi connectivity index (χ2n) is 9.02. The summed E-state index contributed by atoms with van der Waals surface area (Å²) in [6, 6.07) is 20.4. The van der Waals surface area contributed by atoms with Crippen LogP contribution in [0.2, 0.25) is 0 Å². The molecule has 2 amide bonds. The zero-order chi connectivity index (χ0) is 23.4. The highest BCUT2D eigenvalue weighted by Gasteiger charge is 2.43. The molecule has 1 saturated heterocycles. The lowest BCUT2D eigenvalue weighted by Crippen LogP contribution is -2.51. The van der Waals surface area contributed by atoms with E-state index in [0.717, 1.165) is 11.1 Å². The Morgan fingerprint density at radius 2 is 1.61 bits per heavy atom. The smallest absolute Gasteiger partial charge is 0.255 e. The maximum absolute atomic E-state index is 13.3. The second-order valence-corrected chi connectivity index (χ2v) is 9.02. The molecule has 2 heterocycles. The van der Waals surface area contributed by atoms with Crippen LogP contribution in [0.15, 0.2) is 73.1 Å². The maximum Gasteiger partial charge on any atom is 0.255 e. The van der Waals surface area contributed by atoms with E-state index in [9.17, 15) is 9.59 Å². The predicted molar refractivity (Wildman–Crippen MR) is 130 cm³/mol. The summed E-state index contributed by atoms with van der Waals surface area (Å²) in [7, 11) is 3.61. The number of pyridine rings is 1. The molecule has 0 spiro atoms. The quantitative estimate of drug-likeness (QED) is 0.650. The molecule has 0 atom stereocenters. The van der Waals surface area contributed by atoms with E-state index in [1.165, 1.54) is 11.8 Å². The number of aromatic nitrogens is 1. The molecule has 0 unspecified atom stereocenters. The number of carbonyl (C=O) groups excluding carboxylic acids is 2. The van der Waals surface area contributed by atoms with Crippen molar-refractivity contribution in [3.05, 3.63) is 84.2 Å². The Hall–Kier alpha value is -3.67. The Morgan fingerprint density at radius 3 is 2.21 bits per heavy atom. The molecule has 6 nitrogen and oxygen atoms in total. The van der Waals surface area contributed by atoms with Gasteiger partial charge in [0.2, 0.25) is 5.91 Å². The van der Waals surface area contributed by atoms with Crippen molar-refractivity contribution in [1.82, 2.24) is 14.8 Å². The fraction of sp³-hybridized carbons (Fsp3) is 0.296. The van der Waals surface area contributed by atoms with Crippen LogP contribution < -0.4 is 5.73 Å². The van der Waals surface area contributed by atoms with Crippen molar-refractivity contribution >= 4 is 17.5 Å². The molecule has 1 aliphatic heterocycles. The number of amides is 2. The minimum atomic E-state index is -0.525. The molecule has 0 aliphatic carbocycles. The second kappa shape index (κ2) is 9.45. The van der Waals surface area contributed by atoms with E-state index < -0.39 is 5.41 Å². The van der Waals surface area contributed by atoms with Crippen molar-refractivity contribution in [3.8, 4) is 11.1 Å². The van der Waals surface area contributed by atoms with Crippen molar-refractivity contribution in [2.24, 2.45) is 5.41 Å². The highest BCUT2D eigenvalue weighted by molar-refractivity contribution is 5.95. The van der Waals surface area contributed by atoms with Crippen LogP contribution >= 0.6 is 0 Å². The molecule has 1 fully saturated rings. The Kier molecular flexibility index (Phi) is 6.45. The number of benzene rings is 2. The maximum atomic E-state index is 13.3. The van der Waals surface area contributed by atoms with E-state index in [1.54, 1.807) is 36.2 Å². The number of carbonyl (C=O) groups is 2. The molecule has 1 aliphatic rings. The first-order chi connectivity index (χ1) is 15.9. The lowest BCUT2D eigenvalue weighted by molar-refractivity contribution is -0.142. The van der Waals surface area contributed by atoms with Crippen molar-refractivity contribution in [3.63, 3.8) is 0 Å². The first-order valence-corrected chi connectivity index (χ1v) is 11.2. The first-order valence-electron chi connectivity index (χ1n) is 11.2. The van der Waals surface area contributed by atoms with Crippen LogP contribution in [0.1, 0.15) is 28.8 Å². The van der Waals surface area contributed by atoms with E-state index in [0.29, 0.717) is 43.6 Å². The van der Waals surface area contributed by atoms with Gasteiger partial charge in [-0.3, -0.25) is 14.6 Å². The number of anilines is 1. The van der Waals surface area contributed by atoms with Crippen LogP contribution in [0.25, 0.3) is 11.1 Å². The van der Waals surface area contributed by atoms with E-state index in [-0.39, 0.29) is 11.8 Å². The zero-order valence-electron chi connectivity index (χ0n) is 19.2. The molecule has 0 saturated carbocycles. The molecular weight excluding hydrogens is 412 g/mol. The standard InChI is InChI=1S/C27H30N4O2/c1-30(2)26(33)27(17-20-8-10-22(11-9-20)21-6-4-3-5-7-21)12-14-31(15-13-27)25(32)23-16-24(28)19-29-18-23/h3-11,16,18-19H,12-15,17,28H2,1-2H3. The summed E-state index contributed by atoms with van der Waals surface area (Å²) < 4.78 is 0. The van der Waals surface area contributed by atoms with Crippen LogP contribution in [0.3, 0.4) is 0 Å². The molecule has 2 aromatic carbocycles. The van der Waals surface area contributed by atoms with Crippen LogP contribution in [0.4, 0.5) is 5.69 Å². The van der Waals surface area contributed by atoms with Gasteiger partial charge in [-0.2, -0.15) is 0 Å². The van der Waals surface area contributed by atoms with Gasteiger partial charge in [-0.25, -0.2) is 0 Å². The number of piperidine rings is 1. The predicted octanol–water partition coefficient (Wildman–Crippen LogP) is 3.88. The van der Waals surface area contributed by atoms with Gasteiger partial charge in [0.1, 0.15) is 0 Å². The molecule has 0 bridgehead atoms. The average molecular weight is 443 g/mol. The molecule has 33 heavy (non-hydrogen) atoms. The van der Waals surface area contributed by atoms with Gasteiger partial charge in [-0.15, -0.1) is 0 Å². The SMILES string of the molecule is CN(C)C(=O)C1(Cc2ccc(-c3ccccc3)cc2)CCN(C(=O)c2cncc(N)c2)CC1. The molecule has 1 aromatic heterocycles. The Bertz CT molecular complexity index is 1120. The Balaban J connectivity index is 1.51. The van der Waals surface area contributed by atoms with E-state index in [4.69, 9.17) is 5.73 Å². The van der Waals surface area contributed by atoms with Crippen LogP contribution in [-0.4, -0.2) is 53.8 Å². The number of hydrogen-bond acceptors (Lipinski definition) is 4. The number of rotatable bonds is 5. The van der Waals surface area contributed by atoms with Crippen molar-refractivity contribution in [2.45, 2.75) is 19.3 Å². The number of nitrogens with zero attached hydrogens (tertiary/aromatic N) is 3. The molecule has 0 radical (unpaired) electrons. The first kappa shape index (κ1) is 22.5. The summed E-state index contributed by atoms with van der Waals surface area (Å²) in [5, 5.41) is 0. The van der Waals surface area contributed by atoms with Gasteiger partial charge in [0.15, 0.2) is 0 Å². The normalized spacial score (nSPS) is 15.2. The van der Waals surface area contributed by atoms with Gasteiger partial charge in [0.25, 0.3) is 5.91 Å². The molecule has 6 heteroatoms. The summed E-state index contributed by atoms with van der Waals surface area (Å²) in [5.41, 5.74) is 9.68.